The molecule has 0 aliphatic carbocycles. The second kappa shape index (κ2) is 8.25. The van der Waals surface area contributed by atoms with E-state index >= 15 is 0 Å². The molecule has 1 aromatic heterocycles. The number of rotatable bonds is 7. The largest absolute Gasteiger partial charge is 0.481 e. The van der Waals surface area contributed by atoms with Crippen molar-refractivity contribution in [3.8, 4) is 10.6 Å². The Labute approximate surface area is 177 Å². The number of carboxylic acid groups (broad SMARTS) is 1. The molecule has 3 aromatic carbocycles. The summed E-state index contributed by atoms with van der Waals surface area (Å²) in [5.74, 6) is -0.889. The number of anilines is 1. The van der Waals surface area contributed by atoms with Gasteiger partial charge in [-0.2, -0.15) is 0 Å². The van der Waals surface area contributed by atoms with Gasteiger partial charge in [0.05, 0.1) is 20.8 Å². The van der Waals surface area contributed by atoms with E-state index in [-0.39, 0.29) is 11.3 Å². The number of sulfonamides is 1. The van der Waals surface area contributed by atoms with Crippen molar-refractivity contribution in [3.05, 3.63) is 78.4 Å². The van der Waals surface area contributed by atoms with Crippen molar-refractivity contribution in [2.24, 2.45) is 0 Å². The summed E-state index contributed by atoms with van der Waals surface area (Å²) in [7, 11) is -3.81. The van der Waals surface area contributed by atoms with Crippen LogP contribution in [0.2, 0.25) is 0 Å². The van der Waals surface area contributed by atoms with E-state index < -0.39 is 16.0 Å². The van der Waals surface area contributed by atoms with E-state index in [1.54, 1.807) is 24.3 Å². The summed E-state index contributed by atoms with van der Waals surface area (Å²) in [4.78, 5) is 15.4. The van der Waals surface area contributed by atoms with Gasteiger partial charge in [-0.15, -0.1) is 11.3 Å². The highest BCUT2D eigenvalue weighted by Crippen LogP contribution is 2.35. The molecule has 0 unspecified atom stereocenters. The number of hydrogen-bond donors (Lipinski definition) is 2. The van der Waals surface area contributed by atoms with Gasteiger partial charge in [0.25, 0.3) is 10.0 Å². The molecule has 0 saturated carbocycles. The van der Waals surface area contributed by atoms with Gasteiger partial charge in [-0.05, 0) is 48.4 Å². The number of carbonyl (C=O) groups is 1. The highest BCUT2D eigenvalue weighted by molar-refractivity contribution is 7.92. The Morgan fingerprint density at radius 3 is 2.40 bits per heavy atom. The zero-order valence-corrected chi connectivity index (χ0v) is 17.4. The Hall–Kier alpha value is -3.23. The molecule has 0 bridgehead atoms. The fourth-order valence-electron chi connectivity index (χ4n) is 3.04. The van der Waals surface area contributed by atoms with Gasteiger partial charge in [0.2, 0.25) is 0 Å². The molecule has 2 N–H and O–H groups in total. The molecule has 0 radical (unpaired) electrons. The Morgan fingerprint density at radius 2 is 1.67 bits per heavy atom. The maximum Gasteiger partial charge on any atom is 0.303 e. The molecule has 152 valence electrons. The number of para-hydroxylation sites is 2. The lowest BCUT2D eigenvalue weighted by Crippen LogP contribution is -2.13. The molecule has 0 fully saturated rings. The number of aryl methyl sites for hydroxylation is 1. The molecular formula is C22H18N2O4S2. The van der Waals surface area contributed by atoms with Gasteiger partial charge in [-0.3, -0.25) is 9.52 Å². The Morgan fingerprint density at radius 1 is 0.967 bits per heavy atom. The molecule has 30 heavy (non-hydrogen) atoms. The maximum atomic E-state index is 12.9. The highest BCUT2D eigenvalue weighted by atomic mass is 32.2. The van der Waals surface area contributed by atoms with E-state index in [9.17, 15) is 13.2 Å². The zero-order chi connectivity index (χ0) is 21.1. The van der Waals surface area contributed by atoms with E-state index in [1.807, 2.05) is 36.4 Å². The third kappa shape index (κ3) is 4.34. The van der Waals surface area contributed by atoms with E-state index in [0.29, 0.717) is 17.7 Å². The summed E-state index contributed by atoms with van der Waals surface area (Å²) < 4.78 is 29.5. The molecular weight excluding hydrogens is 420 g/mol. The first-order chi connectivity index (χ1) is 14.4. The lowest BCUT2D eigenvalue weighted by Gasteiger charge is -2.12. The van der Waals surface area contributed by atoms with E-state index in [2.05, 4.69) is 9.71 Å². The Balaban J connectivity index is 1.61. The van der Waals surface area contributed by atoms with Gasteiger partial charge in [0.15, 0.2) is 0 Å². The number of nitrogens with zero attached hydrogens (tertiary/aromatic N) is 1. The fourth-order valence-corrected chi connectivity index (χ4v) is 5.12. The van der Waals surface area contributed by atoms with Crippen LogP contribution in [-0.2, 0) is 21.2 Å². The second-order valence-corrected chi connectivity index (χ2v) is 9.39. The van der Waals surface area contributed by atoms with E-state index in [4.69, 9.17) is 5.11 Å². The van der Waals surface area contributed by atoms with Gasteiger partial charge < -0.3 is 5.11 Å². The number of aliphatic carboxylic acids is 1. The summed E-state index contributed by atoms with van der Waals surface area (Å²) in [6.45, 7) is 0. The molecule has 0 atom stereocenters. The van der Waals surface area contributed by atoms with Crippen LogP contribution < -0.4 is 4.72 Å². The topological polar surface area (TPSA) is 96.4 Å². The zero-order valence-electron chi connectivity index (χ0n) is 15.8. The van der Waals surface area contributed by atoms with Crippen LogP contribution in [0.1, 0.15) is 12.0 Å². The lowest BCUT2D eigenvalue weighted by molar-refractivity contribution is -0.136. The summed E-state index contributed by atoms with van der Waals surface area (Å²) in [5.41, 5.74) is 2.80. The maximum absolute atomic E-state index is 12.9. The molecule has 4 aromatic rings. The number of fused-ring (bicyclic) bond motifs is 1. The molecule has 8 heteroatoms. The third-order valence-electron chi connectivity index (χ3n) is 4.56. The Bertz CT molecular complexity index is 1280. The van der Waals surface area contributed by atoms with Gasteiger partial charge in [0.1, 0.15) is 5.01 Å². The summed E-state index contributed by atoms with van der Waals surface area (Å²) in [6.07, 6.45) is 0.351. The van der Waals surface area contributed by atoms with Crippen molar-refractivity contribution < 1.29 is 18.3 Å². The Kier molecular flexibility index (Phi) is 5.52. The van der Waals surface area contributed by atoms with Gasteiger partial charge in [0, 0.05) is 12.0 Å². The molecule has 0 saturated heterocycles. The molecule has 0 aliphatic rings. The quantitative estimate of drug-likeness (QED) is 0.433. The first-order valence-corrected chi connectivity index (χ1v) is 11.5. The van der Waals surface area contributed by atoms with Gasteiger partial charge in [-0.25, -0.2) is 13.4 Å². The summed E-state index contributed by atoms with van der Waals surface area (Å²) in [6, 6.07) is 21.2. The van der Waals surface area contributed by atoms with Crippen molar-refractivity contribution in [2.75, 3.05) is 4.72 Å². The smallest absolute Gasteiger partial charge is 0.303 e. The number of carboxylic acids is 1. The van der Waals surface area contributed by atoms with Crippen molar-refractivity contribution >= 4 is 43.2 Å². The van der Waals surface area contributed by atoms with Gasteiger partial charge >= 0.3 is 5.97 Å². The van der Waals surface area contributed by atoms with Crippen molar-refractivity contribution in [1.82, 2.24) is 4.98 Å². The third-order valence-corrected chi connectivity index (χ3v) is 7.01. The van der Waals surface area contributed by atoms with Crippen molar-refractivity contribution in [1.29, 1.82) is 0 Å². The molecule has 6 nitrogen and oxygen atoms in total. The van der Waals surface area contributed by atoms with Crippen LogP contribution in [-0.4, -0.2) is 24.5 Å². The number of benzene rings is 3. The predicted octanol–water partition coefficient (Wildman–Crippen LogP) is 4.78. The number of nitrogens with one attached hydrogen (secondary N) is 1. The fraction of sp³-hybridized carbons (Fsp3) is 0.0909. The highest BCUT2D eigenvalue weighted by Gasteiger charge is 2.18. The van der Waals surface area contributed by atoms with E-state index in [0.717, 1.165) is 20.8 Å². The summed E-state index contributed by atoms with van der Waals surface area (Å²) in [5, 5.41) is 9.51. The summed E-state index contributed by atoms with van der Waals surface area (Å²) >= 11 is 1.50. The van der Waals surface area contributed by atoms with Crippen LogP contribution in [0.25, 0.3) is 20.8 Å². The van der Waals surface area contributed by atoms with Crippen LogP contribution >= 0.6 is 11.3 Å². The first-order valence-electron chi connectivity index (χ1n) is 9.21. The minimum absolute atomic E-state index is 0.000110. The van der Waals surface area contributed by atoms with Crippen LogP contribution in [0.15, 0.2) is 77.7 Å². The minimum Gasteiger partial charge on any atom is -0.481 e. The van der Waals surface area contributed by atoms with Crippen LogP contribution in [0.3, 0.4) is 0 Å². The lowest BCUT2D eigenvalue weighted by atomic mass is 10.1. The van der Waals surface area contributed by atoms with Crippen molar-refractivity contribution in [2.45, 2.75) is 17.7 Å². The molecule has 0 spiro atoms. The number of hydrogen-bond acceptors (Lipinski definition) is 5. The van der Waals surface area contributed by atoms with Crippen LogP contribution in [0, 0.1) is 0 Å². The van der Waals surface area contributed by atoms with Crippen LogP contribution in [0.5, 0.6) is 0 Å². The average molecular weight is 439 g/mol. The first kappa shape index (κ1) is 20.1. The minimum atomic E-state index is -3.81. The molecule has 0 amide bonds. The van der Waals surface area contributed by atoms with Crippen LogP contribution in [0.4, 0.5) is 5.69 Å². The standard InChI is InChI=1S/C22H18N2O4S2/c25-21(26)14-11-15-9-12-16(13-10-15)30(27,28)24-18-6-2-1-5-17(18)22-23-19-7-3-4-8-20(19)29-22/h1-10,12-13,24H,11,14H2,(H,25,26). The van der Waals surface area contributed by atoms with E-state index in [1.165, 1.54) is 23.5 Å². The molecule has 1 heterocycles. The predicted molar refractivity (Wildman–Crippen MR) is 118 cm³/mol. The van der Waals surface area contributed by atoms with Gasteiger partial charge in [-0.1, -0.05) is 36.4 Å². The average Bonchev–Trinajstić information content (AvgIpc) is 3.17. The monoisotopic (exact) mass is 438 g/mol. The number of aromatic nitrogens is 1. The second-order valence-electron chi connectivity index (χ2n) is 6.68. The van der Waals surface area contributed by atoms with Crippen molar-refractivity contribution in [3.63, 3.8) is 0 Å². The normalized spacial score (nSPS) is 11.5. The SMILES string of the molecule is O=C(O)CCc1ccc(S(=O)(=O)Nc2ccccc2-c2nc3ccccc3s2)cc1. The molecule has 4 rings (SSSR count). The molecule has 0 aliphatic heterocycles. The number of thiazole rings is 1.